The Labute approximate surface area is 120 Å². The zero-order valence-electron chi connectivity index (χ0n) is 11.0. The Hall–Kier alpha value is -1.23. The van der Waals surface area contributed by atoms with Gasteiger partial charge in [0.2, 0.25) is 0 Å². The van der Waals surface area contributed by atoms with Crippen molar-refractivity contribution in [3.05, 3.63) is 22.2 Å². The van der Waals surface area contributed by atoms with Crippen LogP contribution in [-0.4, -0.2) is 25.3 Å². The summed E-state index contributed by atoms with van der Waals surface area (Å²) in [6.45, 7) is 0. The molecule has 1 N–H and O–H groups in total. The largest absolute Gasteiger partial charge is 0.493 e. The molecule has 0 aromatic heterocycles. The van der Waals surface area contributed by atoms with Crippen molar-refractivity contribution in [1.29, 1.82) is 0 Å². The number of carboxylic acids is 1. The SMILES string of the molecule is COc1cc(Br)cc(C(CC(=O)O)C2CC2)c1OC. The molecule has 1 saturated carbocycles. The van der Waals surface area contributed by atoms with Crippen molar-refractivity contribution in [1.82, 2.24) is 0 Å². The first kappa shape index (κ1) is 14.2. The monoisotopic (exact) mass is 328 g/mol. The van der Waals surface area contributed by atoms with Crippen LogP contribution in [0.1, 0.15) is 30.7 Å². The number of methoxy groups -OCH3 is 2. The molecular formula is C14H17BrO4. The van der Waals surface area contributed by atoms with Gasteiger partial charge in [-0.25, -0.2) is 0 Å². The number of hydrogen-bond acceptors (Lipinski definition) is 3. The van der Waals surface area contributed by atoms with E-state index in [-0.39, 0.29) is 12.3 Å². The van der Waals surface area contributed by atoms with Crippen molar-refractivity contribution in [2.75, 3.05) is 14.2 Å². The van der Waals surface area contributed by atoms with Gasteiger partial charge in [-0.05, 0) is 30.9 Å². The highest BCUT2D eigenvalue weighted by atomic mass is 79.9. The molecule has 0 amide bonds. The van der Waals surface area contributed by atoms with Crippen molar-refractivity contribution in [3.63, 3.8) is 0 Å². The van der Waals surface area contributed by atoms with Crippen LogP contribution in [0.25, 0.3) is 0 Å². The van der Waals surface area contributed by atoms with Crippen LogP contribution in [0.15, 0.2) is 16.6 Å². The standard InChI is InChI=1S/C14H17BrO4/c1-18-12-6-9(15)5-11(14(12)19-2)10(7-13(16)17)8-3-4-8/h5-6,8,10H,3-4,7H2,1-2H3,(H,16,17). The molecule has 1 aliphatic rings. The molecule has 1 fully saturated rings. The van der Waals surface area contributed by atoms with Gasteiger partial charge in [-0.15, -0.1) is 0 Å². The first-order chi connectivity index (χ1) is 9.06. The molecule has 0 heterocycles. The number of aliphatic carboxylic acids is 1. The second-order valence-corrected chi connectivity index (χ2v) is 5.69. The van der Waals surface area contributed by atoms with E-state index in [1.54, 1.807) is 14.2 Å². The smallest absolute Gasteiger partial charge is 0.303 e. The lowest BCUT2D eigenvalue weighted by atomic mass is 9.90. The molecule has 0 spiro atoms. The number of carbonyl (C=O) groups is 1. The van der Waals surface area contributed by atoms with Gasteiger partial charge in [0.25, 0.3) is 0 Å². The van der Waals surface area contributed by atoms with Crippen molar-refractivity contribution in [2.45, 2.75) is 25.2 Å². The van der Waals surface area contributed by atoms with Gasteiger partial charge in [0.15, 0.2) is 11.5 Å². The summed E-state index contributed by atoms with van der Waals surface area (Å²) < 4.78 is 11.6. The minimum absolute atomic E-state index is 0.0150. The van der Waals surface area contributed by atoms with Crippen molar-refractivity contribution < 1.29 is 19.4 Å². The molecule has 0 aliphatic heterocycles. The van der Waals surface area contributed by atoms with Gasteiger partial charge in [0, 0.05) is 16.0 Å². The minimum Gasteiger partial charge on any atom is -0.493 e. The van der Waals surface area contributed by atoms with Crippen LogP contribution in [0, 0.1) is 5.92 Å². The van der Waals surface area contributed by atoms with Gasteiger partial charge < -0.3 is 14.6 Å². The van der Waals surface area contributed by atoms with Crippen LogP contribution in [0.2, 0.25) is 0 Å². The van der Waals surface area contributed by atoms with Gasteiger partial charge in [-0.2, -0.15) is 0 Å². The summed E-state index contributed by atoms with van der Waals surface area (Å²) in [5, 5.41) is 9.10. The van der Waals surface area contributed by atoms with E-state index >= 15 is 0 Å². The lowest BCUT2D eigenvalue weighted by molar-refractivity contribution is -0.137. The quantitative estimate of drug-likeness (QED) is 0.869. The van der Waals surface area contributed by atoms with Gasteiger partial charge in [0.05, 0.1) is 20.6 Å². The van der Waals surface area contributed by atoms with E-state index < -0.39 is 5.97 Å². The molecule has 0 saturated heterocycles. The van der Waals surface area contributed by atoms with Gasteiger partial charge in [-0.1, -0.05) is 15.9 Å². The number of hydrogen-bond donors (Lipinski definition) is 1. The van der Waals surface area contributed by atoms with Crippen LogP contribution in [0.5, 0.6) is 11.5 Å². The second kappa shape index (κ2) is 5.82. The average molecular weight is 329 g/mol. The molecule has 1 atom stereocenters. The number of rotatable bonds is 6. The van der Waals surface area contributed by atoms with Gasteiger partial charge in [-0.3, -0.25) is 4.79 Å². The maximum absolute atomic E-state index is 11.1. The zero-order valence-corrected chi connectivity index (χ0v) is 12.6. The molecule has 1 unspecified atom stereocenters. The van der Waals surface area contributed by atoms with E-state index in [1.807, 2.05) is 12.1 Å². The Balaban J connectivity index is 2.45. The lowest BCUT2D eigenvalue weighted by Gasteiger charge is -2.20. The van der Waals surface area contributed by atoms with E-state index in [1.165, 1.54) is 0 Å². The third-order valence-corrected chi connectivity index (χ3v) is 3.92. The summed E-state index contributed by atoms with van der Waals surface area (Å²) in [4.78, 5) is 11.1. The molecule has 1 aliphatic carbocycles. The van der Waals surface area contributed by atoms with Crippen LogP contribution < -0.4 is 9.47 Å². The van der Waals surface area contributed by atoms with E-state index in [0.29, 0.717) is 17.4 Å². The summed E-state index contributed by atoms with van der Waals surface area (Å²) in [5.41, 5.74) is 0.915. The summed E-state index contributed by atoms with van der Waals surface area (Å²) in [5.74, 6) is 0.910. The lowest BCUT2D eigenvalue weighted by Crippen LogP contribution is -2.10. The van der Waals surface area contributed by atoms with Crippen LogP contribution in [-0.2, 0) is 4.79 Å². The first-order valence-electron chi connectivity index (χ1n) is 6.20. The van der Waals surface area contributed by atoms with Gasteiger partial charge in [0.1, 0.15) is 0 Å². The fraction of sp³-hybridized carbons (Fsp3) is 0.500. The summed E-state index contributed by atoms with van der Waals surface area (Å²) in [7, 11) is 3.16. The van der Waals surface area contributed by atoms with E-state index in [4.69, 9.17) is 14.6 Å². The fourth-order valence-electron chi connectivity index (χ4n) is 2.45. The minimum atomic E-state index is -0.780. The maximum Gasteiger partial charge on any atom is 0.303 e. The van der Waals surface area contributed by atoms with Crippen LogP contribution >= 0.6 is 15.9 Å². The predicted octanol–water partition coefficient (Wildman–Crippen LogP) is 3.43. The zero-order chi connectivity index (χ0) is 14.0. The molecule has 1 aromatic rings. The summed E-state index contributed by atoms with van der Waals surface area (Å²) in [6.07, 6.45) is 2.28. The molecule has 4 nitrogen and oxygen atoms in total. The van der Waals surface area contributed by atoms with Crippen LogP contribution in [0.3, 0.4) is 0 Å². The number of ether oxygens (including phenoxy) is 2. The predicted molar refractivity (Wildman–Crippen MR) is 75.0 cm³/mol. The topological polar surface area (TPSA) is 55.8 Å². The average Bonchev–Trinajstić information content (AvgIpc) is 3.18. The van der Waals surface area contributed by atoms with Gasteiger partial charge >= 0.3 is 5.97 Å². The molecule has 0 bridgehead atoms. The normalized spacial score (nSPS) is 15.9. The van der Waals surface area contributed by atoms with Crippen LogP contribution in [0.4, 0.5) is 0 Å². The summed E-state index contributed by atoms with van der Waals surface area (Å²) in [6, 6.07) is 3.76. The molecular weight excluding hydrogens is 312 g/mol. The van der Waals surface area contributed by atoms with Crippen molar-refractivity contribution >= 4 is 21.9 Å². The second-order valence-electron chi connectivity index (χ2n) is 4.77. The Bertz CT molecular complexity index is 483. The van der Waals surface area contributed by atoms with E-state index in [0.717, 1.165) is 22.9 Å². The Morgan fingerprint density at radius 2 is 2.11 bits per heavy atom. The molecule has 0 radical (unpaired) electrons. The van der Waals surface area contributed by atoms with E-state index in [9.17, 15) is 4.79 Å². The number of halogens is 1. The third-order valence-electron chi connectivity index (χ3n) is 3.46. The van der Waals surface area contributed by atoms with Crippen molar-refractivity contribution in [2.24, 2.45) is 5.92 Å². The van der Waals surface area contributed by atoms with Crippen molar-refractivity contribution in [3.8, 4) is 11.5 Å². The third kappa shape index (κ3) is 3.21. The molecule has 19 heavy (non-hydrogen) atoms. The molecule has 1 aromatic carbocycles. The Morgan fingerprint density at radius 3 is 2.58 bits per heavy atom. The molecule has 2 rings (SSSR count). The number of benzene rings is 1. The highest BCUT2D eigenvalue weighted by molar-refractivity contribution is 9.10. The fourth-order valence-corrected chi connectivity index (χ4v) is 2.91. The Morgan fingerprint density at radius 1 is 1.42 bits per heavy atom. The first-order valence-corrected chi connectivity index (χ1v) is 6.99. The highest BCUT2D eigenvalue weighted by Gasteiger charge is 2.36. The number of carboxylic acid groups (broad SMARTS) is 1. The van der Waals surface area contributed by atoms with E-state index in [2.05, 4.69) is 15.9 Å². The molecule has 104 valence electrons. The summed E-state index contributed by atoms with van der Waals surface area (Å²) >= 11 is 3.44. The molecule has 5 heteroatoms. The maximum atomic E-state index is 11.1. The Kier molecular flexibility index (Phi) is 4.34. The highest BCUT2D eigenvalue weighted by Crippen LogP contribution is 2.49.